The van der Waals surface area contributed by atoms with Gasteiger partial charge in [-0.15, -0.1) is 0 Å². The second-order valence-electron chi connectivity index (χ2n) is 7.08. The molecule has 0 radical (unpaired) electrons. The van der Waals surface area contributed by atoms with Crippen LogP contribution < -0.4 is 0 Å². The largest absolute Gasteiger partial charge is 0.460 e. The van der Waals surface area contributed by atoms with Gasteiger partial charge in [0.15, 0.2) is 5.92 Å². The molecule has 0 saturated carbocycles. The molecule has 31 heavy (non-hydrogen) atoms. The van der Waals surface area contributed by atoms with E-state index in [4.69, 9.17) is 9.47 Å². The van der Waals surface area contributed by atoms with Crippen LogP contribution in [-0.4, -0.2) is 18.2 Å². The van der Waals surface area contributed by atoms with Crippen molar-refractivity contribution in [3.05, 3.63) is 108 Å². The summed E-state index contributed by atoms with van der Waals surface area (Å²) in [6, 6.07) is 27.4. The van der Waals surface area contributed by atoms with E-state index in [1.54, 1.807) is 24.3 Å². The summed E-state index contributed by atoms with van der Waals surface area (Å²) >= 11 is 0. The second kappa shape index (κ2) is 11.5. The van der Waals surface area contributed by atoms with Gasteiger partial charge in [0.05, 0.1) is 0 Å². The van der Waals surface area contributed by atoms with Crippen molar-refractivity contribution in [3.8, 4) is 0 Å². The van der Waals surface area contributed by atoms with E-state index in [1.807, 2.05) is 66.7 Å². The number of carbonyl (C=O) groups excluding carboxylic acids is 3. The molecule has 0 amide bonds. The summed E-state index contributed by atoms with van der Waals surface area (Å²) in [5, 5.41) is 0. The highest BCUT2D eigenvalue weighted by Crippen LogP contribution is 2.30. The summed E-state index contributed by atoms with van der Waals surface area (Å²) in [6.45, 7) is 0.0650. The molecule has 5 heteroatoms. The minimum Gasteiger partial charge on any atom is -0.460 e. The Labute approximate surface area is 181 Å². The first kappa shape index (κ1) is 22.0. The number of rotatable bonds is 10. The van der Waals surface area contributed by atoms with Crippen LogP contribution in [0.3, 0.4) is 0 Å². The monoisotopic (exact) mass is 416 g/mol. The Hall–Kier alpha value is -3.73. The van der Waals surface area contributed by atoms with Gasteiger partial charge < -0.3 is 14.3 Å². The number of carbonyl (C=O) groups is 3. The average molecular weight is 416 g/mol. The van der Waals surface area contributed by atoms with E-state index < -0.39 is 23.8 Å². The van der Waals surface area contributed by atoms with Crippen LogP contribution in [0.15, 0.2) is 91.0 Å². The average Bonchev–Trinajstić information content (AvgIpc) is 2.83. The van der Waals surface area contributed by atoms with Crippen molar-refractivity contribution in [3.63, 3.8) is 0 Å². The van der Waals surface area contributed by atoms with E-state index in [1.165, 1.54) is 0 Å². The van der Waals surface area contributed by atoms with Gasteiger partial charge in [-0.2, -0.15) is 0 Å². The maximum atomic E-state index is 13.0. The number of aldehydes is 1. The minimum atomic E-state index is -1.25. The van der Waals surface area contributed by atoms with Crippen molar-refractivity contribution in [2.75, 3.05) is 0 Å². The molecule has 0 bridgehead atoms. The highest BCUT2D eigenvalue weighted by Gasteiger charge is 2.38. The normalized spacial score (nSPS) is 11.5. The van der Waals surface area contributed by atoms with Crippen molar-refractivity contribution in [1.29, 1.82) is 0 Å². The van der Waals surface area contributed by atoms with Crippen molar-refractivity contribution in [2.24, 2.45) is 5.92 Å². The lowest BCUT2D eigenvalue weighted by Crippen LogP contribution is -2.33. The van der Waals surface area contributed by atoms with Crippen molar-refractivity contribution < 1.29 is 23.9 Å². The zero-order chi connectivity index (χ0) is 21.9. The summed E-state index contributed by atoms with van der Waals surface area (Å²) in [5.41, 5.74) is 2.31. The highest BCUT2D eigenvalue weighted by atomic mass is 16.6. The summed E-state index contributed by atoms with van der Waals surface area (Å²) in [5.74, 6) is -3.35. The standard InChI is InChI=1S/C26H24O5/c27-17-16-23(22-14-8-3-9-15-22)24(25(28)30-18-20-10-4-1-5-11-20)26(29)31-19-21-12-6-2-7-13-21/h1-15,17,23-24H,16,18-19H2/t23-/m1/s1. The zero-order valence-corrected chi connectivity index (χ0v) is 17.1. The molecule has 0 aliphatic rings. The van der Waals surface area contributed by atoms with Crippen LogP contribution in [0.1, 0.15) is 29.0 Å². The van der Waals surface area contributed by atoms with Crippen LogP contribution in [0, 0.1) is 5.92 Å². The van der Waals surface area contributed by atoms with E-state index in [-0.39, 0.29) is 19.6 Å². The fraction of sp³-hybridized carbons (Fsp3) is 0.192. The van der Waals surface area contributed by atoms with Crippen LogP contribution in [0.25, 0.3) is 0 Å². The molecular weight excluding hydrogens is 392 g/mol. The predicted octanol–water partition coefficient (Wildman–Crippen LogP) is 4.46. The Kier molecular flexibility index (Phi) is 8.12. The summed E-state index contributed by atoms with van der Waals surface area (Å²) in [7, 11) is 0. The first-order valence-corrected chi connectivity index (χ1v) is 10.1. The van der Waals surface area contributed by atoms with Crippen LogP contribution in [0.5, 0.6) is 0 Å². The Bertz CT molecular complexity index is 915. The molecule has 0 fully saturated rings. The fourth-order valence-electron chi connectivity index (χ4n) is 3.33. The first-order valence-electron chi connectivity index (χ1n) is 10.1. The number of esters is 2. The lowest BCUT2D eigenvalue weighted by molar-refractivity contribution is -0.165. The first-order chi connectivity index (χ1) is 15.2. The Morgan fingerprint density at radius 1 is 0.677 bits per heavy atom. The van der Waals surface area contributed by atoms with Gasteiger partial charge in [-0.25, -0.2) is 0 Å². The van der Waals surface area contributed by atoms with Crippen LogP contribution in [0.4, 0.5) is 0 Å². The lowest BCUT2D eigenvalue weighted by atomic mass is 9.83. The fourth-order valence-corrected chi connectivity index (χ4v) is 3.33. The smallest absolute Gasteiger partial charge is 0.321 e. The molecule has 0 aliphatic heterocycles. The molecule has 3 rings (SSSR count). The number of benzene rings is 3. The Morgan fingerprint density at radius 2 is 1.10 bits per heavy atom. The molecule has 158 valence electrons. The zero-order valence-electron chi connectivity index (χ0n) is 17.1. The van der Waals surface area contributed by atoms with Gasteiger partial charge in [0.25, 0.3) is 0 Å². The van der Waals surface area contributed by atoms with Crippen molar-refractivity contribution in [2.45, 2.75) is 25.6 Å². The minimum absolute atomic E-state index is 0.00441. The van der Waals surface area contributed by atoms with Gasteiger partial charge in [-0.05, 0) is 16.7 Å². The third kappa shape index (κ3) is 6.37. The predicted molar refractivity (Wildman–Crippen MR) is 116 cm³/mol. The second-order valence-corrected chi connectivity index (χ2v) is 7.08. The number of ether oxygens (including phenoxy) is 2. The SMILES string of the molecule is O=CC[C@H](c1ccccc1)C(C(=O)OCc1ccccc1)C(=O)OCc1ccccc1. The Balaban J connectivity index is 1.81. The Morgan fingerprint density at radius 3 is 1.52 bits per heavy atom. The maximum absolute atomic E-state index is 13.0. The van der Waals surface area contributed by atoms with Gasteiger partial charge in [-0.1, -0.05) is 91.0 Å². The van der Waals surface area contributed by atoms with Gasteiger partial charge >= 0.3 is 11.9 Å². The highest BCUT2D eigenvalue weighted by molar-refractivity contribution is 5.96. The van der Waals surface area contributed by atoms with Crippen LogP contribution >= 0.6 is 0 Å². The van der Waals surface area contributed by atoms with E-state index >= 15 is 0 Å². The number of hydrogen-bond acceptors (Lipinski definition) is 5. The van der Waals surface area contributed by atoms with Gasteiger partial charge in [0.1, 0.15) is 19.5 Å². The number of hydrogen-bond donors (Lipinski definition) is 0. The topological polar surface area (TPSA) is 69.7 Å². The molecule has 3 aromatic rings. The van der Waals surface area contributed by atoms with E-state index in [2.05, 4.69) is 0 Å². The molecule has 0 unspecified atom stereocenters. The summed E-state index contributed by atoms with van der Waals surface area (Å²) in [4.78, 5) is 37.4. The molecule has 0 aliphatic carbocycles. The van der Waals surface area contributed by atoms with Gasteiger partial charge in [-0.3, -0.25) is 9.59 Å². The molecule has 3 aromatic carbocycles. The quantitative estimate of drug-likeness (QED) is 0.277. The maximum Gasteiger partial charge on any atom is 0.321 e. The summed E-state index contributed by atoms with van der Waals surface area (Å²) in [6.07, 6.45) is 0.704. The van der Waals surface area contributed by atoms with Gasteiger partial charge in [0, 0.05) is 12.3 Å². The molecule has 0 aromatic heterocycles. The molecule has 0 heterocycles. The molecule has 5 nitrogen and oxygen atoms in total. The third-order valence-electron chi connectivity index (χ3n) is 4.94. The van der Waals surface area contributed by atoms with Crippen LogP contribution in [0.2, 0.25) is 0 Å². The van der Waals surface area contributed by atoms with E-state index in [0.717, 1.165) is 11.1 Å². The third-order valence-corrected chi connectivity index (χ3v) is 4.94. The van der Waals surface area contributed by atoms with Gasteiger partial charge in [0.2, 0.25) is 0 Å². The molecule has 0 N–H and O–H groups in total. The van der Waals surface area contributed by atoms with Crippen LogP contribution in [-0.2, 0) is 37.1 Å². The lowest BCUT2D eigenvalue weighted by Gasteiger charge is -2.23. The van der Waals surface area contributed by atoms with E-state index in [0.29, 0.717) is 11.8 Å². The molecular formula is C26H24O5. The molecule has 0 saturated heterocycles. The van der Waals surface area contributed by atoms with Crippen molar-refractivity contribution in [1.82, 2.24) is 0 Å². The van der Waals surface area contributed by atoms with E-state index in [9.17, 15) is 14.4 Å². The van der Waals surface area contributed by atoms with Crippen molar-refractivity contribution >= 4 is 18.2 Å². The molecule has 1 atom stereocenters. The summed E-state index contributed by atoms with van der Waals surface area (Å²) < 4.78 is 10.9. The molecule has 0 spiro atoms.